The number of benzene rings is 1. The summed E-state index contributed by atoms with van der Waals surface area (Å²) >= 11 is 0. The highest BCUT2D eigenvalue weighted by Crippen LogP contribution is 2.21. The van der Waals surface area contributed by atoms with Gasteiger partial charge < -0.3 is 4.57 Å². The maximum absolute atomic E-state index is 13.8. The number of rotatable bonds is 2. The predicted molar refractivity (Wildman–Crippen MR) is 61.3 cm³/mol. The highest BCUT2D eigenvalue weighted by molar-refractivity contribution is 8.13. The molecule has 1 heterocycles. The van der Waals surface area contributed by atoms with Gasteiger partial charge in [0.25, 0.3) is 9.05 Å². The monoisotopic (exact) mass is 274 g/mol. The maximum atomic E-state index is 13.8. The van der Waals surface area contributed by atoms with Crippen LogP contribution in [0.3, 0.4) is 0 Å². The first-order valence-corrected chi connectivity index (χ1v) is 6.95. The van der Waals surface area contributed by atoms with E-state index in [2.05, 4.69) is 4.98 Å². The van der Waals surface area contributed by atoms with Crippen molar-refractivity contribution in [1.29, 1.82) is 0 Å². The molecule has 4 nitrogen and oxygen atoms in total. The van der Waals surface area contributed by atoms with Crippen molar-refractivity contribution in [2.45, 2.75) is 11.8 Å². The molecule has 0 spiro atoms. The Labute approximate surface area is 102 Å². The fourth-order valence-corrected chi connectivity index (χ4v) is 2.23. The molecule has 90 valence electrons. The molecule has 0 aliphatic carbocycles. The number of imidazole rings is 1. The van der Waals surface area contributed by atoms with E-state index in [4.69, 9.17) is 10.7 Å². The summed E-state index contributed by atoms with van der Waals surface area (Å²) in [6.07, 6.45) is 3.11. The summed E-state index contributed by atoms with van der Waals surface area (Å²) in [5.74, 6) is -0.0711. The topological polar surface area (TPSA) is 52.0 Å². The lowest BCUT2D eigenvalue weighted by atomic mass is 10.3. The number of halogens is 2. The molecule has 0 saturated heterocycles. The summed E-state index contributed by atoms with van der Waals surface area (Å²) in [5, 5.41) is 0. The van der Waals surface area contributed by atoms with Gasteiger partial charge >= 0.3 is 0 Å². The van der Waals surface area contributed by atoms with Crippen LogP contribution in [0.25, 0.3) is 5.69 Å². The first kappa shape index (κ1) is 12.1. The second-order valence-corrected chi connectivity index (χ2v) is 5.96. The average molecular weight is 275 g/mol. The number of aromatic nitrogens is 2. The van der Waals surface area contributed by atoms with Crippen LogP contribution in [0, 0.1) is 12.7 Å². The zero-order valence-electron chi connectivity index (χ0n) is 8.76. The van der Waals surface area contributed by atoms with E-state index in [1.807, 2.05) is 0 Å². The van der Waals surface area contributed by atoms with Crippen molar-refractivity contribution >= 4 is 19.7 Å². The van der Waals surface area contributed by atoms with Crippen molar-refractivity contribution in [2.24, 2.45) is 0 Å². The van der Waals surface area contributed by atoms with Gasteiger partial charge in [0.05, 0.1) is 10.6 Å². The molecule has 7 heteroatoms. The van der Waals surface area contributed by atoms with Crippen LogP contribution in [0.1, 0.15) is 5.82 Å². The second-order valence-electron chi connectivity index (χ2n) is 3.40. The van der Waals surface area contributed by atoms with Crippen LogP contribution in [0.15, 0.2) is 35.5 Å². The number of aryl methyl sites for hydroxylation is 1. The van der Waals surface area contributed by atoms with Crippen LogP contribution < -0.4 is 0 Å². The molecule has 0 amide bonds. The van der Waals surface area contributed by atoms with E-state index in [0.29, 0.717) is 5.82 Å². The number of hydrogen-bond acceptors (Lipinski definition) is 3. The van der Waals surface area contributed by atoms with Crippen LogP contribution in [0.5, 0.6) is 0 Å². The van der Waals surface area contributed by atoms with Gasteiger partial charge in [-0.15, -0.1) is 0 Å². The van der Waals surface area contributed by atoms with E-state index < -0.39 is 14.9 Å². The molecule has 2 aromatic rings. The van der Waals surface area contributed by atoms with Gasteiger partial charge in [0, 0.05) is 23.1 Å². The minimum Gasteiger partial charge on any atom is -0.301 e. The molecule has 0 radical (unpaired) electrons. The van der Waals surface area contributed by atoms with E-state index in [-0.39, 0.29) is 10.6 Å². The number of hydrogen-bond donors (Lipinski definition) is 0. The molecular weight excluding hydrogens is 267 g/mol. The SMILES string of the molecule is Cc1nccn1-c1ccc(S(=O)(=O)Cl)cc1F. The normalized spacial score (nSPS) is 11.7. The molecule has 17 heavy (non-hydrogen) atoms. The van der Waals surface area contributed by atoms with Gasteiger partial charge in [-0.2, -0.15) is 0 Å². The number of nitrogens with zero attached hydrogens (tertiary/aromatic N) is 2. The van der Waals surface area contributed by atoms with Gasteiger partial charge in [-0.3, -0.25) is 0 Å². The molecular formula is C10H8ClFN2O2S. The molecule has 1 aromatic heterocycles. The van der Waals surface area contributed by atoms with Crippen molar-refractivity contribution < 1.29 is 12.8 Å². The van der Waals surface area contributed by atoms with Gasteiger partial charge in [-0.25, -0.2) is 17.8 Å². The van der Waals surface area contributed by atoms with Gasteiger partial charge in [-0.05, 0) is 25.1 Å². The Morgan fingerprint density at radius 1 is 1.41 bits per heavy atom. The quantitative estimate of drug-likeness (QED) is 0.789. The van der Waals surface area contributed by atoms with Crippen molar-refractivity contribution in [1.82, 2.24) is 9.55 Å². The summed E-state index contributed by atoms with van der Waals surface area (Å²) in [5.41, 5.74) is 0.226. The second kappa shape index (κ2) is 4.12. The Morgan fingerprint density at radius 2 is 2.12 bits per heavy atom. The van der Waals surface area contributed by atoms with Crippen LogP contribution in [-0.2, 0) is 9.05 Å². The summed E-state index contributed by atoms with van der Waals surface area (Å²) < 4.78 is 37.3. The maximum Gasteiger partial charge on any atom is 0.261 e. The largest absolute Gasteiger partial charge is 0.301 e. The Balaban J connectivity index is 2.57. The first-order chi connectivity index (χ1) is 7.89. The van der Waals surface area contributed by atoms with E-state index in [1.165, 1.54) is 22.9 Å². The Kier molecular flexibility index (Phi) is 2.92. The van der Waals surface area contributed by atoms with Crippen LogP contribution >= 0.6 is 10.7 Å². The third-order valence-corrected chi connectivity index (χ3v) is 3.64. The lowest BCUT2D eigenvalue weighted by molar-refractivity contribution is 0.598. The van der Waals surface area contributed by atoms with E-state index in [1.54, 1.807) is 13.1 Å². The molecule has 0 atom stereocenters. The Bertz CT molecular complexity index is 667. The van der Waals surface area contributed by atoms with Gasteiger partial charge in [0.2, 0.25) is 0 Å². The van der Waals surface area contributed by atoms with Crippen molar-refractivity contribution in [3.8, 4) is 5.69 Å². The van der Waals surface area contributed by atoms with Crippen LogP contribution in [-0.4, -0.2) is 18.0 Å². The molecule has 0 aliphatic rings. The first-order valence-electron chi connectivity index (χ1n) is 4.64. The highest BCUT2D eigenvalue weighted by atomic mass is 35.7. The lowest BCUT2D eigenvalue weighted by Crippen LogP contribution is -2.01. The molecule has 2 rings (SSSR count). The lowest BCUT2D eigenvalue weighted by Gasteiger charge is -2.07. The smallest absolute Gasteiger partial charge is 0.261 e. The van der Waals surface area contributed by atoms with E-state index in [9.17, 15) is 12.8 Å². The molecule has 0 saturated carbocycles. The minimum absolute atomic E-state index is 0.226. The minimum atomic E-state index is -3.91. The van der Waals surface area contributed by atoms with Crippen LogP contribution in [0.4, 0.5) is 4.39 Å². The zero-order chi connectivity index (χ0) is 12.6. The summed E-state index contributed by atoms with van der Waals surface area (Å²) in [7, 11) is 1.21. The molecule has 0 bridgehead atoms. The van der Waals surface area contributed by atoms with E-state index in [0.717, 1.165) is 6.07 Å². The third kappa shape index (κ3) is 2.32. The zero-order valence-corrected chi connectivity index (χ0v) is 10.3. The van der Waals surface area contributed by atoms with Gasteiger partial charge in [-0.1, -0.05) is 0 Å². The molecule has 1 aromatic carbocycles. The standard InChI is InChI=1S/C10H8ClFN2O2S/c1-7-13-4-5-14(7)10-3-2-8(6-9(10)12)17(11,15)16/h2-6H,1H3. The van der Waals surface area contributed by atoms with Crippen LogP contribution in [0.2, 0.25) is 0 Å². The highest BCUT2D eigenvalue weighted by Gasteiger charge is 2.14. The van der Waals surface area contributed by atoms with Crippen molar-refractivity contribution in [2.75, 3.05) is 0 Å². The summed E-state index contributed by atoms with van der Waals surface area (Å²) in [4.78, 5) is 3.69. The molecule has 0 unspecified atom stereocenters. The molecule has 0 aliphatic heterocycles. The predicted octanol–water partition coefficient (Wildman–Crippen LogP) is 2.25. The third-order valence-electron chi connectivity index (χ3n) is 2.29. The van der Waals surface area contributed by atoms with E-state index >= 15 is 0 Å². The molecule has 0 N–H and O–H groups in total. The fraction of sp³-hybridized carbons (Fsp3) is 0.100. The summed E-state index contributed by atoms with van der Waals surface area (Å²) in [6.45, 7) is 1.71. The fourth-order valence-electron chi connectivity index (χ4n) is 1.47. The van der Waals surface area contributed by atoms with Gasteiger partial charge in [0.1, 0.15) is 11.6 Å². The summed E-state index contributed by atoms with van der Waals surface area (Å²) in [6, 6.07) is 3.48. The average Bonchev–Trinajstić information content (AvgIpc) is 2.63. The Morgan fingerprint density at radius 3 is 2.59 bits per heavy atom. The molecule has 0 fully saturated rings. The van der Waals surface area contributed by atoms with Crippen molar-refractivity contribution in [3.63, 3.8) is 0 Å². The Hall–Kier alpha value is -1.40. The van der Waals surface area contributed by atoms with Crippen molar-refractivity contribution in [3.05, 3.63) is 42.2 Å². The van der Waals surface area contributed by atoms with Gasteiger partial charge in [0.15, 0.2) is 0 Å².